The number of nitrogens with one attached hydrogen (secondary N) is 2. The Morgan fingerprint density at radius 2 is 1.69 bits per heavy atom. The highest BCUT2D eigenvalue weighted by atomic mass is 19.4. The van der Waals surface area contributed by atoms with E-state index >= 15 is 0 Å². The molecular formula is C17H15F3N6. The number of nitrogen functional groups attached to an aromatic ring is 1. The molecule has 2 aromatic heterocycles. The van der Waals surface area contributed by atoms with Gasteiger partial charge >= 0.3 is 6.18 Å². The van der Waals surface area contributed by atoms with Crippen molar-refractivity contribution in [1.82, 2.24) is 15.0 Å². The molecule has 4 N–H and O–H groups in total. The summed E-state index contributed by atoms with van der Waals surface area (Å²) in [5.41, 5.74) is 6.64. The molecule has 3 rings (SSSR count). The first-order valence-corrected chi connectivity index (χ1v) is 7.57. The Morgan fingerprint density at radius 1 is 0.962 bits per heavy atom. The Labute approximate surface area is 147 Å². The molecule has 0 amide bonds. The highest BCUT2D eigenvalue weighted by molar-refractivity contribution is 5.79. The SMILES string of the molecule is Cc1ccc(Nc2ncnc(Nc3cccc(C(F)(F)F)c3)c2N)nc1. The highest BCUT2D eigenvalue weighted by Gasteiger charge is 2.30. The van der Waals surface area contributed by atoms with E-state index in [1.807, 2.05) is 13.0 Å². The van der Waals surface area contributed by atoms with E-state index in [-0.39, 0.29) is 17.2 Å². The van der Waals surface area contributed by atoms with Crippen LogP contribution in [0.15, 0.2) is 48.9 Å². The lowest BCUT2D eigenvalue weighted by atomic mass is 10.2. The quantitative estimate of drug-likeness (QED) is 0.644. The van der Waals surface area contributed by atoms with Crippen molar-refractivity contribution in [3.8, 4) is 0 Å². The van der Waals surface area contributed by atoms with Crippen LogP contribution in [0.25, 0.3) is 0 Å². The number of nitrogens with two attached hydrogens (primary N) is 1. The Balaban J connectivity index is 1.84. The Morgan fingerprint density at radius 3 is 2.35 bits per heavy atom. The number of aromatic nitrogens is 3. The molecule has 134 valence electrons. The Hall–Kier alpha value is -3.36. The summed E-state index contributed by atoms with van der Waals surface area (Å²) in [6.07, 6.45) is -1.50. The van der Waals surface area contributed by atoms with Gasteiger partial charge in [-0.25, -0.2) is 15.0 Å². The Kier molecular flexibility index (Phi) is 4.61. The highest BCUT2D eigenvalue weighted by Crippen LogP contribution is 2.32. The number of alkyl halides is 3. The second-order valence-corrected chi connectivity index (χ2v) is 5.53. The van der Waals surface area contributed by atoms with E-state index in [1.54, 1.807) is 12.3 Å². The first-order chi connectivity index (χ1) is 12.3. The molecule has 1 aromatic carbocycles. The van der Waals surface area contributed by atoms with Gasteiger partial charge in [0.2, 0.25) is 0 Å². The predicted molar refractivity (Wildman–Crippen MR) is 93.4 cm³/mol. The van der Waals surface area contributed by atoms with Crippen LogP contribution in [0.5, 0.6) is 0 Å². The van der Waals surface area contributed by atoms with Crippen molar-refractivity contribution >= 4 is 28.8 Å². The van der Waals surface area contributed by atoms with E-state index in [0.29, 0.717) is 11.6 Å². The molecule has 0 aliphatic heterocycles. The molecule has 0 bridgehead atoms. The fourth-order valence-electron chi connectivity index (χ4n) is 2.17. The topological polar surface area (TPSA) is 88.8 Å². The number of anilines is 5. The number of nitrogens with zero attached hydrogens (tertiary/aromatic N) is 3. The predicted octanol–water partition coefficient (Wildman–Crippen LogP) is 4.27. The zero-order valence-electron chi connectivity index (χ0n) is 13.7. The third-order valence-corrected chi connectivity index (χ3v) is 3.49. The van der Waals surface area contributed by atoms with Crippen molar-refractivity contribution in [2.75, 3.05) is 16.4 Å². The molecule has 0 spiro atoms. The van der Waals surface area contributed by atoms with Gasteiger partial charge in [0.25, 0.3) is 0 Å². The van der Waals surface area contributed by atoms with E-state index < -0.39 is 11.7 Å². The van der Waals surface area contributed by atoms with Gasteiger partial charge in [-0.3, -0.25) is 0 Å². The third-order valence-electron chi connectivity index (χ3n) is 3.49. The third kappa shape index (κ3) is 4.00. The van der Waals surface area contributed by atoms with E-state index in [2.05, 4.69) is 25.6 Å². The van der Waals surface area contributed by atoms with Crippen molar-refractivity contribution in [3.05, 3.63) is 60.0 Å². The Bertz CT molecular complexity index is 909. The van der Waals surface area contributed by atoms with Crippen LogP contribution in [-0.2, 0) is 6.18 Å². The van der Waals surface area contributed by atoms with Gasteiger partial charge in [0.1, 0.15) is 17.8 Å². The van der Waals surface area contributed by atoms with Crippen LogP contribution in [0, 0.1) is 6.92 Å². The van der Waals surface area contributed by atoms with Crippen LogP contribution in [0.1, 0.15) is 11.1 Å². The van der Waals surface area contributed by atoms with Crippen molar-refractivity contribution in [3.63, 3.8) is 0 Å². The van der Waals surface area contributed by atoms with Crippen LogP contribution >= 0.6 is 0 Å². The molecule has 0 aliphatic rings. The van der Waals surface area contributed by atoms with Gasteiger partial charge in [0.15, 0.2) is 11.6 Å². The standard InChI is InChI=1S/C17H15F3N6/c1-10-5-6-13(22-8-10)26-16-14(21)15(23-9-24-16)25-12-4-2-3-11(7-12)17(18,19)20/h2-9H,21H2,1H3,(H2,22,23,24,25,26). The summed E-state index contributed by atoms with van der Waals surface area (Å²) in [7, 11) is 0. The summed E-state index contributed by atoms with van der Waals surface area (Å²) in [6.45, 7) is 1.91. The molecule has 0 atom stereocenters. The number of aryl methyl sites for hydroxylation is 1. The lowest BCUT2D eigenvalue weighted by Crippen LogP contribution is -2.07. The molecule has 6 nitrogen and oxygen atoms in total. The van der Waals surface area contributed by atoms with Crippen LogP contribution in [0.3, 0.4) is 0 Å². The molecule has 2 heterocycles. The molecule has 0 aliphatic carbocycles. The molecular weight excluding hydrogens is 345 g/mol. The summed E-state index contributed by atoms with van der Waals surface area (Å²) >= 11 is 0. The maximum absolute atomic E-state index is 12.8. The molecule has 26 heavy (non-hydrogen) atoms. The summed E-state index contributed by atoms with van der Waals surface area (Å²) < 4.78 is 38.5. The van der Waals surface area contributed by atoms with Gasteiger partial charge in [0, 0.05) is 11.9 Å². The van der Waals surface area contributed by atoms with Crippen molar-refractivity contribution < 1.29 is 13.2 Å². The first-order valence-electron chi connectivity index (χ1n) is 7.57. The second-order valence-electron chi connectivity index (χ2n) is 5.53. The van der Waals surface area contributed by atoms with Crippen molar-refractivity contribution in [1.29, 1.82) is 0 Å². The summed E-state index contributed by atoms with van der Waals surface area (Å²) in [6, 6.07) is 8.40. The zero-order chi connectivity index (χ0) is 18.7. The van der Waals surface area contributed by atoms with Crippen LogP contribution < -0.4 is 16.4 Å². The summed E-state index contributed by atoms with van der Waals surface area (Å²) in [4.78, 5) is 12.2. The van der Waals surface area contributed by atoms with Crippen LogP contribution in [0.2, 0.25) is 0 Å². The van der Waals surface area contributed by atoms with Crippen molar-refractivity contribution in [2.24, 2.45) is 0 Å². The van der Waals surface area contributed by atoms with Gasteiger partial charge in [0.05, 0.1) is 5.56 Å². The minimum Gasteiger partial charge on any atom is -0.393 e. The van der Waals surface area contributed by atoms with Crippen molar-refractivity contribution in [2.45, 2.75) is 13.1 Å². The molecule has 9 heteroatoms. The summed E-state index contributed by atoms with van der Waals surface area (Å²) in [5.74, 6) is 1.02. The molecule has 0 fully saturated rings. The normalized spacial score (nSPS) is 11.2. The van der Waals surface area contributed by atoms with Crippen LogP contribution in [0.4, 0.5) is 42.0 Å². The number of benzene rings is 1. The van der Waals surface area contributed by atoms with Gasteiger partial charge in [-0.05, 0) is 36.8 Å². The first kappa shape index (κ1) is 17.5. The van der Waals surface area contributed by atoms with E-state index in [9.17, 15) is 13.2 Å². The smallest absolute Gasteiger partial charge is 0.393 e. The molecule has 0 radical (unpaired) electrons. The largest absolute Gasteiger partial charge is 0.416 e. The molecule has 0 saturated heterocycles. The number of rotatable bonds is 4. The zero-order valence-corrected chi connectivity index (χ0v) is 13.7. The minimum absolute atomic E-state index is 0.160. The maximum Gasteiger partial charge on any atom is 0.416 e. The average Bonchev–Trinajstić information content (AvgIpc) is 2.60. The van der Waals surface area contributed by atoms with E-state index in [0.717, 1.165) is 17.7 Å². The monoisotopic (exact) mass is 360 g/mol. The number of pyridine rings is 1. The van der Waals surface area contributed by atoms with Crippen LogP contribution in [-0.4, -0.2) is 15.0 Å². The number of halogens is 3. The molecule has 0 saturated carbocycles. The summed E-state index contributed by atoms with van der Waals surface area (Å²) in [5, 5.41) is 5.74. The lowest BCUT2D eigenvalue weighted by Gasteiger charge is -2.13. The molecule has 3 aromatic rings. The van der Waals surface area contributed by atoms with Gasteiger partial charge in [-0.2, -0.15) is 13.2 Å². The van der Waals surface area contributed by atoms with Gasteiger partial charge in [-0.15, -0.1) is 0 Å². The average molecular weight is 360 g/mol. The second kappa shape index (κ2) is 6.87. The fourth-order valence-corrected chi connectivity index (χ4v) is 2.17. The lowest BCUT2D eigenvalue weighted by molar-refractivity contribution is -0.137. The van der Waals surface area contributed by atoms with Gasteiger partial charge < -0.3 is 16.4 Å². The van der Waals surface area contributed by atoms with E-state index in [1.165, 1.54) is 18.5 Å². The van der Waals surface area contributed by atoms with E-state index in [4.69, 9.17) is 5.73 Å². The van der Waals surface area contributed by atoms with Gasteiger partial charge in [-0.1, -0.05) is 12.1 Å². The minimum atomic E-state index is -4.43. The molecule has 0 unspecified atom stereocenters. The maximum atomic E-state index is 12.8. The fraction of sp³-hybridized carbons (Fsp3) is 0.118. The number of hydrogen-bond acceptors (Lipinski definition) is 6. The number of hydrogen-bond donors (Lipinski definition) is 3.